The summed E-state index contributed by atoms with van der Waals surface area (Å²) in [6, 6.07) is 9.87. The van der Waals surface area contributed by atoms with Crippen molar-refractivity contribution in [3.8, 4) is 11.3 Å². The van der Waals surface area contributed by atoms with Gasteiger partial charge in [0.1, 0.15) is 0 Å². The molecule has 130 valence electrons. The van der Waals surface area contributed by atoms with Crippen LogP contribution in [0.1, 0.15) is 55.8 Å². The average Bonchev–Trinajstić information content (AvgIpc) is 2.51. The van der Waals surface area contributed by atoms with Gasteiger partial charge in [0.05, 0.1) is 0 Å². The van der Waals surface area contributed by atoms with Crippen molar-refractivity contribution in [1.82, 2.24) is 4.98 Å². The zero-order chi connectivity index (χ0) is 20.8. The van der Waals surface area contributed by atoms with Gasteiger partial charge >= 0.3 is 155 Å². The minimum atomic E-state index is -2.30. The van der Waals surface area contributed by atoms with Crippen LogP contribution in [0.15, 0.2) is 36.5 Å². The van der Waals surface area contributed by atoms with Gasteiger partial charge in [-0.3, -0.25) is 0 Å². The first-order valence-electron chi connectivity index (χ1n) is 10.2. The van der Waals surface area contributed by atoms with E-state index in [-0.39, 0.29) is 0 Å². The van der Waals surface area contributed by atoms with Crippen LogP contribution in [0.5, 0.6) is 0 Å². The summed E-state index contributed by atoms with van der Waals surface area (Å²) in [5, 5.41) is 0. The van der Waals surface area contributed by atoms with Crippen molar-refractivity contribution in [2.45, 2.75) is 64.2 Å². The summed E-state index contributed by atoms with van der Waals surface area (Å²) in [5.74, 6) is 6.21. The van der Waals surface area contributed by atoms with E-state index in [9.17, 15) is 0 Å². The average molecular weight is 387 g/mol. The van der Waals surface area contributed by atoms with Gasteiger partial charge in [-0.15, -0.1) is 0 Å². The molecule has 2 heteroatoms. The van der Waals surface area contributed by atoms with Crippen LogP contribution in [0.2, 0.25) is 17.3 Å². The quantitative estimate of drug-likeness (QED) is 0.586. The Morgan fingerprint density at radius 3 is 2.17 bits per heavy atom. The van der Waals surface area contributed by atoms with Gasteiger partial charge in [0.2, 0.25) is 0 Å². The van der Waals surface area contributed by atoms with Gasteiger partial charge in [0.15, 0.2) is 0 Å². The van der Waals surface area contributed by atoms with Crippen LogP contribution in [-0.4, -0.2) is 18.3 Å². The third kappa shape index (κ3) is 4.95. The van der Waals surface area contributed by atoms with Crippen molar-refractivity contribution in [2.24, 2.45) is 5.41 Å². The molecule has 0 spiro atoms. The standard InChI is InChI=1S/C22H33GeN/c1-16(2)17-9-11-18(12-10-17)21-13-19(14-22(3,4)5)20(15-24-21)23(6,7)8/h9-13,15-16H,14H2,1-8H3/i14D2,16D. The molecule has 0 aliphatic carbocycles. The second-order valence-electron chi connectivity index (χ2n) is 8.82. The predicted octanol–water partition coefficient (Wildman–Crippen LogP) is 6.01. The van der Waals surface area contributed by atoms with Crippen LogP contribution in [0.25, 0.3) is 11.3 Å². The molecule has 0 fully saturated rings. The van der Waals surface area contributed by atoms with E-state index in [2.05, 4.69) is 17.3 Å². The molecule has 2 rings (SSSR count). The van der Waals surface area contributed by atoms with Gasteiger partial charge in [-0.1, -0.05) is 0 Å². The Morgan fingerprint density at radius 1 is 1.12 bits per heavy atom. The number of nitrogens with zero attached hydrogens (tertiary/aromatic N) is 1. The molecule has 0 unspecified atom stereocenters. The fraction of sp³-hybridized carbons (Fsp3) is 0.500. The number of pyridine rings is 1. The molecule has 0 radical (unpaired) electrons. The molecular weight excluding hydrogens is 351 g/mol. The van der Waals surface area contributed by atoms with Crippen LogP contribution >= 0.6 is 0 Å². The van der Waals surface area contributed by atoms with E-state index >= 15 is 0 Å². The van der Waals surface area contributed by atoms with Crippen molar-refractivity contribution >= 4 is 17.7 Å². The molecule has 0 bridgehead atoms. The molecular formula is C22H33GeN. The first-order valence-corrected chi connectivity index (χ1v) is 16.0. The second kappa shape index (κ2) is 7.03. The van der Waals surface area contributed by atoms with E-state index in [1.54, 1.807) is 0 Å². The molecule has 0 aliphatic heterocycles. The fourth-order valence-electron chi connectivity index (χ4n) is 2.69. The normalized spacial score (nSPS) is 15.6. The topological polar surface area (TPSA) is 12.9 Å². The van der Waals surface area contributed by atoms with Crippen molar-refractivity contribution in [2.75, 3.05) is 0 Å². The summed E-state index contributed by atoms with van der Waals surface area (Å²) in [6.07, 6.45) is 0.470. The van der Waals surface area contributed by atoms with Crippen molar-refractivity contribution in [3.05, 3.63) is 47.7 Å². The van der Waals surface area contributed by atoms with E-state index in [0.717, 1.165) is 26.8 Å². The van der Waals surface area contributed by atoms with Gasteiger partial charge < -0.3 is 0 Å². The van der Waals surface area contributed by atoms with Crippen LogP contribution in [0.4, 0.5) is 0 Å². The third-order valence-electron chi connectivity index (χ3n) is 3.98. The van der Waals surface area contributed by atoms with Crippen LogP contribution < -0.4 is 4.40 Å². The van der Waals surface area contributed by atoms with E-state index in [4.69, 9.17) is 9.10 Å². The molecule has 2 aromatic rings. The minimum absolute atomic E-state index is 0.507. The SMILES string of the molecule is [2H]C(C)(C)c1ccc(-c2cc(C([2H])([2H])C(C)(C)C)[c]([Ge]([CH3])([CH3])[CH3])cn2)cc1. The Hall–Kier alpha value is -1.09. The summed E-state index contributed by atoms with van der Waals surface area (Å²) in [5.41, 5.74) is 2.99. The first kappa shape index (κ1) is 15.2. The Bertz CT molecular complexity index is 807. The predicted molar refractivity (Wildman–Crippen MR) is 110 cm³/mol. The molecule has 24 heavy (non-hydrogen) atoms. The number of aromatic nitrogens is 1. The fourth-order valence-corrected chi connectivity index (χ4v) is 5.62. The zero-order valence-corrected chi connectivity index (χ0v) is 18.5. The van der Waals surface area contributed by atoms with Gasteiger partial charge in [-0.25, -0.2) is 0 Å². The molecule has 0 aliphatic rings. The molecule has 0 saturated heterocycles. The summed E-state index contributed by atoms with van der Waals surface area (Å²) in [6.45, 7) is 9.62. The van der Waals surface area contributed by atoms with Gasteiger partial charge in [0.25, 0.3) is 0 Å². The Morgan fingerprint density at radius 2 is 1.71 bits per heavy atom. The Balaban J connectivity index is 2.63. The van der Waals surface area contributed by atoms with Crippen molar-refractivity contribution in [3.63, 3.8) is 0 Å². The summed E-state index contributed by atoms with van der Waals surface area (Å²) < 4.78 is 27.0. The first-order chi connectivity index (χ1) is 12.0. The Labute approximate surface area is 155 Å². The summed E-state index contributed by atoms with van der Waals surface area (Å²) >= 11 is -2.30. The molecule has 1 aromatic heterocycles. The van der Waals surface area contributed by atoms with E-state index < -0.39 is 30.9 Å². The van der Waals surface area contributed by atoms with E-state index in [0.29, 0.717) is 0 Å². The molecule has 1 heterocycles. The van der Waals surface area contributed by atoms with E-state index in [1.807, 2.05) is 71.1 Å². The summed E-state index contributed by atoms with van der Waals surface area (Å²) in [4.78, 5) is 4.70. The van der Waals surface area contributed by atoms with E-state index in [1.165, 1.54) is 0 Å². The number of rotatable bonds is 4. The molecule has 0 atom stereocenters. The van der Waals surface area contributed by atoms with Crippen LogP contribution in [0, 0.1) is 5.41 Å². The zero-order valence-electron chi connectivity index (χ0n) is 19.4. The Kier molecular flexibility index (Phi) is 4.45. The van der Waals surface area contributed by atoms with Gasteiger partial charge in [0, 0.05) is 0 Å². The number of hydrogen-bond acceptors (Lipinski definition) is 1. The van der Waals surface area contributed by atoms with Crippen LogP contribution in [0.3, 0.4) is 0 Å². The molecule has 1 aromatic carbocycles. The van der Waals surface area contributed by atoms with Gasteiger partial charge in [-0.05, 0) is 0 Å². The number of hydrogen-bond donors (Lipinski definition) is 0. The summed E-state index contributed by atoms with van der Waals surface area (Å²) in [7, 11) is 0. The maximum atomic E-state index is 8.86. The maximum absolute atomic E-state index is 8.86. The van der Waals surface area contributed by atoms with Crippen molar-refractivity contribution < 1.29 is 4.11 Å². The third-order valence-corrected chi connectivity index (χ3v) is 8.21. The van der Waals surface area contributed by atoms with Crippen LogP contribution in [-0.2, 0) is 6.37 Å². The van der Waals surface area contributed by atoms with Gasteiger partial charge in [-0.2, -0.15) is 0 Å². The number of benzene rings is 1. The molecule has 0 saturated carbocycles. The van der Waals surface area contributed by atoms with Crippen molar-refractivity contribution in [1.29, 1.82) is 0 Å². The second-order valence-corrected chi connectivity index (χ2v) is 19.4. The molecule has 0 N–H and O–H groups in total. The molecule has 1 nitrogen and oxygen atoms in total. The molecule has 0 amide bonds. The monoisotopic (exact) mass is 388 g/mol.